The highest BCUT2D eigenvalue weighted by atomic mass is 16.5. The van der Waals surface area contributed by atoms with Crippen molar-refractivity contribution in [2.24, 2.45) is 0 Å². The molecule has 9 heteroatoms. The Morgan fingerprint density at radius 2 is 1.69 bits per heavy atom. The Bertz CT molecular complexity index is 1090. The molecule has 9 nitrogen and oxygen atoms in total. The zero-order valence-electron chi connectivity index (χ0n) is 19.6. The van der Waals surface area contributed by atoms with Crippen LogP contribution in [0.4, 0.5) is 4.79 Å². The number of carboxylic acid groups (broad SMARTS) is 1. The summed E-state index contributed by atoms with van der Waals surface area (Å²) in [4.78, 5) is 51.5. The summed E-state index contributed by atoms with van der Waals surface area (Å²) in [7, 11) is 0. The summed E-state index contributed by atoms with van der Waals surface area (Å²) in [5.74, 6) is -1.99. The SMILES string of the molecule is CCCC(NC(=O)OCC1c2ccccc2-c2ccccc21)C(=O)N1CCN(CC(=O)O)C(=O)C1. The van der Waals surface area contributed by atoms with Gasteiger partial charge in [-0.05, 0) is 28.7 Å². The molecular formula is C26H29N3O6. The number of ether oxygens (including phenoxy) is 1. The first-order valence-corrected chi connectivity index (χ1v) is 11.8. The first-order chi connectivity index (χ1) is 16.9. The highest BCUT2D eigenvalue weighted by molar-refractivity contribution is 5.91. The summed E-state index contributed by atoms with van der Waals surface area (Å²) >= 11 is 0. The van der Waals surface area contributed by atoms with E-state index in [1.54, 1.807) is 0 Å². The molecule has 4 rings (SSSR count). The molecule has 184 valence electrons. The largest absolute Gasteiger partial charge is 0.480 e. The van der Waals surface area contributed by atoms with E-state index < -0.39 is 30.6 Å². The van der Waals surface area contributed by atoms with Crippen LogP contribution in [0.3, 0.4) is 0 Å². The lowest BCUT2D eigenvalue weighted by molar-refractivity contribution is -0.151. The van der Waals surface area contributed by atoms with Gasteiger partial charge in [-0.2, -0.15) is 0 Å². The van der Waals surface area contributed by atoms with Crippen LogP contribution in [0.1, 0.15) is 36.8 Å². The molecule has 0 bridgehead atoms. The second-order valence-electron chi connectivity index (χ2n) is 8.78. The lowest BCUT2D eigenvalue weighted by Gasteiger charge is -2.35. The second-order valence-corrected chi connectivity index (χ2v) is 8.78. The molecule has 2 aliphatic rings. The van der Waals surface area contributed by atoms with Crippen LogP contribution in [-0.2, 0) is 19.1 Å². The van der Waals surface area contributed by atoms with Gasteiger partial charge in [0.25, 0.3) is 0 Å². The topological polar surface area (TPSA) is 116 Å². The zero-order chi connectivity index (χ0) is 24.9. The Balaban J connectivity index is 1.37. The molecule has 0 radical (unpaired) electrons. The van der Waals surface area contributed by atoms with E-state index in [4.69, 9.17) is 9.84 Å². The number of aliphatic carboxylic acids is 1. The van der Waals surface area contributed by atoms with Crippen molar-refractivity contribution in [1.82, 2.24) is 15.1 Å². The van der Waals surface area contributed by atoms with Gasteiger partial charge in [0.05, 0.1) is 6.54 Å². The summed E-state index contributed by atoms with van der Waals surface area (Å²) in [5.41, 5.74) is 4.45. The molecule has 1 aliphatic carbocycles. The minimum Gasteiger partial charge on any atom is -0.480 e. The Morgan fingerprint density at radius 1 is 1.06 bits per heavy atom. The Kier molecular flexibility index (Phi) is 7.33. The van der Waals surface area contributed by atoms with E-state index >= 15 is 0 Å². The Morgan fingerprint density at radius 3 is 2.26 bits per heavy atom. The van der Waals surface area contributed by atoms with Crippen LogP contribution in [0.2, 0.25) is 0 Å². The fourth-order valence-electron chi connectivity index (χ4n) is 4.78. The van der Waals surface area contributed by atoms with Gasteiger partial charge in [-0.1, -0.05) is 61.9 Å². The molecule has 3 amide bonds. The normalized spacial score (nSPS) is 15.9. The third kappa shape index (κ3) is 5.29. The number of amides is 3. The molecule has 2 N–H and O–H groups in total. The molecule has 35 heavy (non-hydrogen) atoms. The highest BCUT2D eigenvalue weighted by Gasteiger charge is 2.33. The predicted molar refractivity (Wildman–Crippen MR) is 128 cm³/mol. The minimum absolute atomic E-state index is 0.0894. The summed E-state index contributed by atoms with van der Waals surface area (Å²) in [5, 5.41) is 11.6. The number of hydrogen-bond donors (Lipinski definition) is 2. The summed E-state index contributed by atoms with van der Waals surface area (Å²) < 4.78 is 5.57. The number of carbonyl (C=O) groups excluding carboxylic acids is 3. The number of hydrogen-bond acceptors (Lipinski definition) is 5. The predicted octanol–water partition coefficient (Wildman–Crippen LogP) is 2.45. The standard InChI is InChI=1S/C26H29N3O6/c1-2-7-22(25(33)29-13-12-28(15-24(31)32)23(30)14-29)27-26(34)35-16-21-19-10-5-3-8-17(19)18-9-4-6-11-20(18)21/h3-6,8-11,21-22H,2,7,12-16H2,1H3,(H,27,34)(H,31,32). The van der Waals surface area contributed by atoms with Gasteiger partial charge in [0.1, 0.15) is 19.2 Å². The minimum atomic E-state index is -1.10. The molecule has 1 aliphatic heterocycles. The lowest BCUT2D eigenvalue weighted by atomic mass is 9.98. The van der Waals surface area contributed by atoms with Gasteiger partial charge in [-0.3, -0.25) is 14.4 Å². The van der Waals surface area contributed by atoms with E-state index in [1.165, 1.54) is 9.80 Å². The molecule has 1 fully saturated rings. The molecule has 1 heterocycles. The monoisotopic (exact) mass is 479 g/mol. The van der Waals surface area contributed by atoms with Crippen molar-refractivity contribution >= 4 is 23.9 Å². The highest BCUT2D eigenvalue weighted by Crippen LogP contribution is 2.44. The lowest BCUT2D eigenvalue weighted by Crippen LogP contribution is -2.57. The average Bonchev–Trinajstić information content (AvgIpc) is 3.17. The molecule has 1 unspecified atom stereocenters. The fourth-order valence-corrected chi connectivity index (χ4v) is 4.78. The molecular weight excluding hydrogens is 450 g/mol. The van der Waals surface area contributed by atoms with E-state index in [2.05, 4.69) is 17.4 Å². The third-order valence-electron chi connectivity index (χ3n) is 6.47. The average molecular weight is 480 g/mol. The fraction of sp³-hybridized carbons (Fsp3) is 0.385. The van der Waals surface area contributed by atoms with Crippen molar-refractivity contribution < 1.29 is 29.0 Å². The number of carboxylic acids is 1. The maximum absolute atomic E-state index is 13.1. The first-order valence-electron chi connectivity index (χ1n) is 11.8. The van der Waals surface area contributed by atoms with E-state index in [0.29, 0.717) is 12.8 Å². The molecule has 0 spiro atoms. The molecule has 0 saturated carbocycles. The van der Waals surface area contributed by atoms with Crippen molar-refractivity contribution in [2.45, 2.75) is 31.7 Å². The second kappa shape index (κ2) is 10.6. The number of alkyl carbamates (subject to hydrolysis) is 1. The van der Waals surface area contributed by atoms with Gasteiger partial charge >= 0.3 is 12.1 Å². The van der Waals surface area contributed by atoms with Crippen molar-refractivity contribution in [1.29, 1.82) is 0 Å². The van der Waals surface area contributed by atoms with Crippen molar-refractivity contribution in [3.05, 3.63) is 59.7 Å². The number of carbonyl (C=O) groups is 4. The van der Waals surface area contributed by atoms with Crippen LogP contribution in [0.5, 0.6) is 0 Å². The number of piperazine rings is 1. The van der Waals surface area contributed by atoms with Crippen molar-refractivity contribution in [2.75, 3.05) is 32.8 Å². The number of benzene rings is 2. The van der Waals surface area contributed by atoms with E-state index in [-0.39, 0.29) is 38.1 Å². The number of nitrogens with one attached hydrogen (secondary N) is 1. The van der Waals surface area contributed by atoms with E-state index in [1.807, 2.05) is 43.3 Å². The van der Waals surface area contributed by atoms with Gasteiger partial charge in [0.15, 0.2) is 0 Å². The first kappa shape index (κ1) is 24.3. The smallest absolute Gasteiger partial charge is 0.407 e. The molecule has 1 atom stereocenters. The summed E-state index contributed by atoms with van der Waals surface area (Å²) in [6.45, 7) is 1.79. The molecule has 0 aromatic heterocycles. The van der Waals surface area contributed by atoms with Crippen LogP contribution in [0.15, 0.2) is 48.5 Å². The van der Waals surface area contributed by atoms with E-state index in [9.17, 15) is 19.2 Å². The molecule has 2 aromatic rings. The molecule has 1 saturated heterocycles. The third-order valence-corrected chi connectivity index (χ3v) is 6.47. The number of rotatable bonds is 8. The molecule has 2 aromatic carbocycles. The van der Waals surface area contributed by atoms with Crippen LogP contribution < -0.4 is 5.32 Å². The maximum Gasteiger partial charge on any atom is 0.407 e. The van der Waals surface area contributed by atoms with Gasteiger partial charge in [-0.25, -0.2) is 4.79 Å². The number of nitrogens with zero attached hydrogens (tertiary/aromatic N) is 2. The van der Waals surface area contributed by atoms with Gasteiger partial charge in [0.2, 0.25) is 11.8 Å². The van der Waals surface area contributed by atoms with Crippen LogP contribution in [-0.4, -0.2) is 77.6 Å². The van der Waals surface area contributed by atoms with Gasteiger partial charge < -0.3 is 25.0 Å². The maximum atomic E-state index is 13.1. The van der Waals surface area contributed by atoms with Gasteiger partial charge in [-0.15, -0.1) is 0 Å². The summed E-state index contributed by atoms with van der Waals surface area (Å²) in [6.07, 6.45) is 0.356. The van der Waals surface area contributed by atoms with Gasteiger partial charge in [0, 0.05) is 19.0 Å². The quantitative estimate of drug-likeness (QED) is 0.601. The van der Waals surface area contributed by atoms with Crippen LogP contribution >= 0.6 is 0 Å². The van der Waals surface area contributed by atoms with Crippen LogP contribution in [0.25, 0.3) is 11.1 Å². The van der Waals surface area contributed by atoms with Crippen molar-refractivity contribution in [3.8, 4) is 11.1 Å². The van der Waals surface area contributed by atoms with Crippen LogP contribution in [0, 0.1) is 0 Å². The van der Waals surface area contributed by atoms with Crippen molar-refractivity contribution in [3.63, 3.8) is 0 Å². The Labute approximate surface area is 203 Å². The number of fused-ring (bicyclic) bond motifs is 3. The zero-order valence-corrected chi connectivity index (χ0v) is 19.6. The van der Waals surface area contributed by atoms with E-state index in [0.717, 1.165) is 22.3 Å². The summed E-state index contributed by atoms with van der Waals surface area (Å²) in [6, 6.07) is 15.3. The Hall–Kier alpha value is -3.88.